The van der Waals surface area contributed by atoms with E-state index in [0.29, 0.717) is 24.5 Å². The second-order valence-electron chi connectivity index (χ2n) is 8.52. The molecule has 1 aromatic heterocycles. The lowest BCUT2D eigenvalue weighted by atomic mass is 10.1. The van der Waals surface area contributed by atoms with Gasteiger partial charge in [0.25, 0.3) is 0 Å². The van der Waals surface area contributed by atoms with Gasteiger partial charge in [-0.05, 0) is 46.9 Å². The van der Waals surface area contributed by atoms with E-state index in [4.69, 9.17) is 4.74 Å². The number of ether oxygens (including phenoxy) is 1. The number of nitrogens with zero attached hydrogens (tertiary/aromatic N) is 4. The molecular weight excluding hydrogens is 460 g/mol. The Morgan fingerprint density at radius 2 is 1.97 bits per heavy atom. The van der Waals surface area contributed by atoms with Gasteiger partial charge in [0.2, 0.25) is 5.91 Å². The molecule has 2 heterocycles. The molecule has 1 fully saturated rings. The number of sulfone groups is 1. The number of aromatic nitrogens is 3. The van der Waals surface area contributed by atoms with E-state index in [2.05, 4.69) is 16.3 Å². The smallest absolute Gasteiger partial charge is 0.233 e. The Labute approximate surface area is 198 Å². The number of fused-ring (bicyclic) bond motifs is 1. The number of thioether (sulfide) groups is 1. The molecule has 1 aliphatic heterocycles. The highest BCUT2D eigenvalue weighted by atomic mass is 32.2. The van der Waals surface area contributed by atoms with Gasteiger partial charge < -0.3 is 14.2 Å². The lowest BCUT2D eigenvalue weighted by Gasteiger charge is -2.17. The zero-order chi connectivity index (χ0) is 23.6. The maximum Gasteiger partial charge on any atom is 0.233 e. The summed E-state index contributed by atoms with van der Waals surface area (Å²) < 4.78 is 30.5. The predicted molar refractivity (Wildman–Crippen MR) is 129 cm³/mol. The normalized spacial score (nSPS) is 17.4. The third-order valence-corrected chi connectivity index (χ3v) is 8.85. The number of hydrogen-bond acceptors (Lipinski definition) is 7. The predicted octanol–water partition coefficient (Wildman–Crippen LogP) is 2.70. The van der Waals surface area contributed by atoms with Gasteiger partial charge in [-0.2, -0.15) is 0 Å². The number of benzene rings is 2. The van der Waals surface area contributed by atoms with Gasteiger partial charge in [0.15, 0.2) is 15.0 Å². The van der Waals surface area contributed by atoms with Crippen molar-refractivity contribution in [1.29, 1.82) is 0 Å². The maximum absolute atomic E-state index is 12.7. The molecule has 10 heteroatoms. The molecule has 8 nitrogen and oxygen atoms in total. The van der Waals surface area contributed by atoms with Gasteiger partial charge in [0.1, 0.15) is 11.6 Å². The highest BCUT2D eigenvalue weighted by molar-refractivity contribution is 7.99. The van der Waals surface area contributed by atoms with E-state index in [0.717, 1.165) is 27.9 Å². The monoisotopic (exact) mass is 488 g/mol. The zero-order valence-corrected chi connectivity index (χ0v) is 20.7. The van der Waals surface area contributed by atoms with E-state index in [-0.39, 0.29) is 29.1 Å². The van der Waals surface area contributed by atoms with Crippen LogP contribution in [0.15, 0.2) is 41.6 Å². The average Bonchev–Trinajstić information content (AvgIpc) is 3.32. The minimum Gasteiger partial charge on any atom is -0.497 e. The van der Waals surface area contributed by atoms with Crippen LogP contribution < -0.4 is 4.74 Å². The molecule has 0 unspecified atom stereocenters. The van der Waals surface area contributed by atoms with E-state index in [1.807, 2.05) is 41.9 Å². The molecule has 0 saturated carbocycles. The van der Waals surface area contributed by atoms with E-state index >= 15 is 0 Å². The molecule has 2 aromatic carbocycles. The Morgan fingerprint density at radius 1 is 1.21 bits per heavy atom. The molecule has 33 heavy (non-hydrogen) atoms. The second kappa shape index (κ2) is 9.72. The molecule has 1 atom stereocenters. The molecule has 1 saturated heterocycles. The standard InChI is InChI=1S/C23H28N4O4S2/c1-26(13-16-4-5-19-12-20(31-3)7-6-18(19)10-16)22(28)14-32-23-25-24-21(27(23)2)11-17-8-9-33(29,30)15-17/h4-7,10,12,17H,8-9,11,13-15H2,1-3H3/t17-/m1/s1. The molecule has 0 aliphatic carbocycles. The third-order valence-electron chi connectivity index (χ3n) is 6.01. The van der Waals surface area contributed by atoms with Crippen molar-refractivity contribution < 1.29 is 17.9 Å². The summed E-state index contributed by atoms with van der Waals surface area (Å²) >= 11 is 1.35. The van der Waals surface area contributed by atoms with Gasteiger partial charge in [-0.15, -0.1) is 10.2 Å². The van der Waals surface area contributed by atoms with Crippen molar-refractivity contribution in [3.05, 3.63) is 47.8 Å². The van der Waals surface area contributed by atoms with Gasteiger partial charge >= 0.3 is 0 Å². The van der Waals surface area contributed by atoms with Crippen molar-refractivity contribution in [1.82, 2.24) is 19.7 Å². The number of carbonyl (C=O) groups is 1. The third kappa shape index (κ3) is 5.67. The molecule has 1 aliphatic rings. The fourth-order valence-electron chi connectivity index (χ4n) is 4.04. The Balaban J connectivity index is 1.32. The maximum atomic E-state index is 12.7. The fraction of sp³-hybridized carbons (Fsp3) is 0.435. The number of hydrogen-bond donors (Lipinski definition) is 0. The zero-order valence-electron chi connectivity index (χ0n) is 19.0. The van der Waals surface area contributed by atoms with E-state index < -0.39 is 9.84 Å². The summed E-state index contributed by atoms with van der Waals surface area (Å²) in [5, 5.41) is 11.3. The van der Waals surface area contributed by atoms with Crippen LogP contribution in [0.1, 0.15) is 17.8 Å². The minimum absolute atomic E-state index is 0.00117. The highest BCUT2D eigenvalue weighted by Gasteiger charge is 2.29. The quantitative estimate of drug-likeness (QED) is 0.450. The van der Waals surface area contributed by atoms with Crippen LogP contribution in [0.4, 0.5) is 0 Å². The van der Waals surface area contributed by atoms with Gasteiger partial charge in [-0.1, -0.05) is 30.0 Å². The van der Waals surface area contributed by atoms with Crippen LogP contribution in [0, 0.1) is 5.92 Å². The summed E-state index contributed by atoms with van der Waals surface area (Å²) in [5.41, 5.74) is 1.06. The highest BCUT2D eigenvalue weighted by Crippen LogP contribution is 2.25. The first kappa shape index (κ1) is 23.6. The summed E-state index contributed by atoms with van der Waals surface area (Å²) in [4.78, 5) is 14.4. The first-order valence-corrected chi connectivity index (χ1v) is 13.6. The molecule has 0 bridgehead atoms. The van der Waals surface area contributed by atoms with Crippen LogP contribution in [0.3, 0.4) is 0 Å². The van der Waals surface area contributed by atoms with E-state index in [1.165, 1.54) is 11.8 Å². The van der Waals surface area contributed by atoms with Gasteiger partial charge in [0.05, 0.1) is 24.4 Å². The van der Waals surface area contributed by atoms with Crippen molar-refractivity contribution in [2.75, 3.05) is 31.4 Å². The van der Waals surface area contributed by atoms with Crippen LogP contribution in [0.25, 0.3) is 10.8 Å². The minimum atomic E-state index is -2.91. The Kier molecular flexibility index (Phi) is 6.94. The molecular formula is C23H28N4O4S2. The molecule has 176 valence electrons. The van der Waals surface area contributed by atoms with Crippen molar-refractivity contribution in [3.8, 4) is 5.75 Å². The van der Waals surface area contributed by atoms with Crippen LogP contribution >= 0.6 is 11.8 Å². The van der Waals surface area contributed by atoms with Crippen LogP contribution in [-0.4, -0.2) is 65.4 Å². The lowest BCUT2D eigenvalue weighted by Crippen LogP contribution is -2.27. The Bertz CT molecular complexity index is 1270. The summed E-state index contributed by atoms with van der Waals surface area (Å²) in [6, 6.07) is 12.1. The fourth-order valence-corrected chi connectivity index (χ4v) is 6.77. The van der Waals surface area contributed by atoms with Gasteiger partial charge in [-0.25, -0.2) is 8.42 Å². The molecule has 1 amide bonds. The molecule has 0 spiro atoms. The molecule has 0 N–H and O–H groups in total. The lowest BCUT2D eigenvalue weighted by molar-refractivity contribution is -0.127. The van der Waals surface area contributed by atoms with Crippen molar-refractivity contribution in [3.63, 3.8) is 0 Å². The van der Waals surface area contributed by atoms with Crippen molar-refractivity contribution in [2.24, 2.45) is 13.0 Å². The molecule has 3 aromatic rings. The number of amides is 1. The van der Waals surface area contributed by atoms with E-state index in [9.17, 15) is 13.2 Å². The summed E-state index contributed by atoms with van der Waals surface area (Å²) in [5.74, 6) is 2.39. The van der Waals surface area contributed by atoms with Crippen LogP contribution in [0.2, 0.25) is 0 Å². The average molecular weight is 489 g/mol. The largest absolute Gasteiger partial charge is 0.497 e. The summed E-state index contributed by atoms with van der Waals surface area (Å²) in [6.07, 6.45) is 1.26. The molecule has 4 rings (SSSR count). The Hall–Kier alpha value is -2.59. The SMILES string of the molecule is COc1ccc2cc(CN(C)C(=O)CSc3nnc(C[C@H]4CCS(=O)(=O)C4)n3C)ccc2c1. The van der Waals surface area contributed by atoms with Gasteiger partial charge in [0, 0.05) is 27.1 Å². The second-order valence-corrected chi connectivity index (χ2v) is 11.7. The number of methoxy groups -OCH3 is 1. The van der Waals surface area contributed by atoms with Crippen molar-refractivity contribution >= 4 is 38.3 Å². The number of carbonyl (C=O) groups excluding carboxylic acids is 1. The Morgan fingerprint density at radius 3 is 2.70 bits per heavy atom. The topological polar surface area (TPSA) is 94.4 Å². The number of rotatable bonds is 8. The first-order valence-electron chi connectivity index (χ1n) is 10.8. The van der Waals surface area contributed by atoms with Crippen LogP contribution in [-0.2, 0) is 34.6 Å². The van der Waals surface area contributed by atoms with E-state index in [1.54, 1.807) is 19.1 Å². The summed E-state index contributed by atoms with van der Waals surface area (Å²) in [7, 11) is 2.39. The summed E-state index contributed by atoms with van der Waals surface area (Å²) in [6.45, 7) is 0.515. The van der Waals surface area contributed by atoms with Gasteiger partial charge in [-0.3, -0.25) is 4.79 Å². The first-order chi connectivity index (χ1) is 15.7. The van der Waals surface area contributed by atoms with Crippen LogP contribution in [0.5, 0.6) is 5.75 Å². The molecule has 0 radical (unpaired) electrons. The van der Waals surface area contributed by atoms with Crippen molar-refractivity contribution in [2.45, 2.75) is 24.5 Å².